The molecule has 1 aliphatic rings. The van der Waals surface area contributed by atoms with Gasteiger partial charge in [0.1, 0.15) is 5.69 Å². The van der Waals surface area contributed by atoms with E-state index in [0.717, 1.165) is 25.9 Å². The Balaban J connectivity index is 1.90. The van der Waals surface area contributed by atoms with Crippen LogP contribution >= 0.6 is 0 Å². The first-order valence-corrected chi connectivity index (χ1v) is 9.26. The number of sulfonamides is 1. The van der Waals surface area contributed by atoms with Gasteiger partial charge >= 0.3 is 0 Å². The third kappa shape index (κ3) is 3.42. The molecule has 0 amide bonds. The van der Waals surface area contributed by atoms with Crippen LogP contribution in [-0.2, 0) is 10.0 Å². The number of hydrogen-bond donors (Lipinski definition) is 2. The molecule has 10 heteroatoms. The van der Waals surface area contributed by atoms with Gasteiger partial charge in [-0.2, -0.15) is 13.4 Å². The van der Waals surface area contributed by atoms with E-state index in [2.05, 4.69) is 29.6 Å². The van der Waals surface area contributed by atoms with Crippen LogP contribution in [0.5, 0.6) is 0 Å². The minimum absolute atomic E-state index is 0.00712. The minimum Gasteiger partial charge on any atom is -0.361 e. The van der Waals surface area contributed by atoms with E-state index < -0.39 is 10.0 Å². The van der Waals surface area contributed by atoms with E-state index in [-0.39, 0.29) is 5.03 Å². The Morgan fingerprint density at radius 3 is 2.58 bits per heavy atom. The molecule has 24 heavy (non-hydrogen) atoms. The van der Waals surface area contributed by atoms with Gasteiger partial charge < -0.3 is 14.8 Å². The van der Waals surface area contributed by atoms with E-state index in [1.54, 1.807) is 4.90 Å². The van der Waals surface area contributed by atoms with Crippen LogP contribution in [0.3, 0.4) is 0 Å². The van der Waals surface area contributed by atoms with Crippen molar-refractivity contribution in [2.24, 2.45) is 0 Å². The van der Waals surface area contributed by atoms with E-state index in [0.29, 0.717) is 17.5 Å². The molecule has 1 fully saturated rings. The average Bonchev–Trinajstić information content (AvgIpc) is 3.11. The molecule has 2 aromatic rings. The highest BCUT2D eigenvalue weighted by atomic mass is 32.2. The molecule has 0 unspecified atom stereocenters. The van der Waals surface area contributed by atoms with Crippen molar-refractivity contribution in [3.8, 4) is 0 Å². The molecule has 0 saturated carbocycles. The Morgan fingerprint density at radius 2 is 1.96 bits per heavy atom. The van der Waals surface area contributed by atoms with Gasteiger partial charge in [-0.25, -0.2) is 9.97 Å². The summed E-state index contributed by atoms with van der Waals surface area (Å²) in [4.78, 5) is 19.1. The lowest BCUT2D eigenvalue weighted by Gasteiger charge is -2.28. The highest BCUT2D eigenvalue weighted by Gasteiger charge is 2.21. The third-order valence-electron chi connectivity index (χ3n) is 3.83. The number of aromatic amines is 1. The summed E-state index contributed by atoms with van der Waals surface area (Å²) >= 11 is 0. The molecule has 0 atom stereocenters. The van der Waals surface area contributed by atoms with Gasteiger partial charge in [-0.3, -0.25) is 4.72 Å². The number of piperidine rings is 1. The van der Waals surface area contributed by atoms with Crippen molar-refractivity contribution in [3.63, 3.8) is 0 Å². The van der Waals surface area contributed by atoms with Gasteiger partial charge in [0.2, 0.25) is 5.95 Å². The summed E-state index contributed by atoms with van der Waals surface area (Å²) in [5, 5.41) is -0.00712. The molecule has 0 bridgehead atoms. The molecular weight excluding hydrogens is 330 g/mol. The highest BCUT2D eigenvalue weighted by Crippen LogP contribution is 2.26. The predicted molar refractivity (Wildman–Crippen MR) is 91.8 cm³/mol. The van der Waals surface area contributed by atoms with Crippen molar-refractivity contribution >= 4 is 27.5 Å². The lowest BCUT2D eigenvalue weighted by atomic mass is 10.1. The van der Waals surface area contributed by atoms with Crippen LogP contribution in [0.1, 0.15) is 19.3 Å². The maximum Gasteiger partial charge on any atom is 0.279 e. The molecule has 2 aromatic heterocycles. The van der Waals surface area contributed by atoms with Gasteiger partial charge in [0, 0.05) is 27.2 Å². The molecule has 0 spiro atoms. The quantitative estimate of drug-likeness (QED) is 0.829. The van der Waals surface area contributed by atoms with Crippen LogP contribution in [0.25, 0.3) is 0 Å². The summed E-state index contributed by atoms with van der Waals surface area (Å²) in [6.07, 6.45) is 7.54. The van der Waals surface area contributed by atoms with Gasteiger partial charge in [0.05, 0.1) is 18.7 Å². The number of hydrogen-bond acceptors (Lipinski definition) is 7. The monoisotopic (exact) mass is 351 g/mol. The normalized spacial score (nSPS) is 15.3. The standard InChI is InChI=1S/C14H21N7O2S/c1-20(2)13-11(19-24(22,23)12-9-15-10-17-12)8-16-14(18-13)21-6-4-3-5-7-21/h8-10,19H,3-7H2,1-2H3,(H,15,17). The number of rotatable bonds is 5. The molecule has 0 aromatic carbocycles. The van der Waals surface area contributed by atoms with Gasteiger partial charge in [-0.15, -0.1) is 0 Å². The molecule has 9 nitrogen and oxygen atoms in total. The largest absolute Gasteiger partial charge is 0.361 e. The summed E-state index contributed by atoms with van der Waals surface area (Å²) in [5.41, 5.74) is 0.329. The fraction of sp³-hybridized carbons (Fsp3) is 0.500. The molecule has 3 rings (SSSR count). The van der Waals surface area contributed by atoms with Crippen molar-refractivity contribution in [2.45, 2.75) is 24.3 Å². The summed E-state index contributed by atoms with van der Waals surface area (Å²) in [6.45, 7) is 1.85. The van der Waals surface area contributed by atoms with Crippen molar-refractivity contribution in [2.75, 3.05) is 41.7 Å². The second kappa shape index (κ2) is 6.63. The summed E-state index contributed by atoms with van der Waals surface area (Å²) < 4.78 is 27.2. The van der Waals surface area contributed by atoms with Crippen LogP contribution in [0.4, 0.5) is 17.5 Å². The topological polar surface area (TPSA) is 107 Å². The first kappa shape index (κ1) is 16.5. The van der Waals surface area contributed by atoms with E-state index >= 15 is 0 Å². The molecule has 3 heterocycles. The van der Waals surface area contributed by atoms with Gasteiger partial charge in [0.15, 0.2) is 10.8 Å². The zero-order valence-electron chi connectivity index (χ0n) is 13.7. The Kier molecular flexibility index (Phi) is 4.56. The SMILES string of the molecule is CN(C)c1nc(N2CCCCC2)ncc1NS(=O)(=O)c1cnc[nH]1. The molecular formula is C14H21N7O2S. The van der Waals surface area contributed by atoms with Crippen LogP contribution in [0.15, 0.2) is 23.7 Å². The molecule has 2 N–H and O–H groups in total. The lowest BCUT2D eigenvalue weighted by molar-refractivity contribution is 0.568. The van der Waals surface area contributed by atoms with Crippen molar-refractivity contribution < 1.29 is 8.42 Å². The summed E-state index contributed by atoms with van der Waals surface area (Å²) in [7, 11) is -0.120. The fourth-order valence-corrected chi connectivity index (χ4v) is 3.56. The predicted octanol–water partition coefficient (Wildman–Crippen LogP) is 1.06. The van der Waals surface area contributed by atoms with Gasteiger partial charge in [-0.1, -0.05) is 0 Å². The summed E-state index contributed by atoms with van der Waals surface area (Å²) in [5.74, 6) is 1.15. The minimum atomic E-state index is -3.75. The first-order valence-electron chi connectivity index (χ1n) is 7.78. The van der Waals surface area contributed by atoms with E-state index in [4.69, 9.17) is 0 Å². The molecule has 1 aliphatic heterocycles. The van der Waals surface area contributed by atoms with Gasteiger partial charge in [-0.05, 0) is 19.3 Å². The first-order chi connectivity index (χ1) is 11.5. The smallest absolute Gasteiger partial charge is 0.279 e. The van der Waals surface area contributed by atoms with Crippen molar-refractivity contribution in [1.82, 2.24) is 19.9 Å². The maximum atomic E-state index is 12.4. The zero-order valence-corrected chi connectivity index (χ0v) is 14.5. The molecule has 0 radical (unpaired) electrons. The summed E-state index contributed by atoms with van der Waals surface area (Å²) in [6, 6.07) is 0. The maximum absolute atomic E-state index is 12.4. The second-order valence-electron chi connectivity index (χ2n) is 5.87. The molecule has 130 valence electrons. The second-order valence-corrected chi connectivity index (χ2v) is 7.52. The number of aromatic nitrogens is 4. The highest BCUT2D eigenvalue weighted by molar-refractivity contribution is 7.92. The van der Waals surface area contributed by atoms with Crippen LogP contribution < -0.4 is 14.5 Å². The Bertz CT molecular complexity index is 783. The van der Waals surface area contributed by atoms with Crippen molar-refractivity contribution in [1.29, 1.82) is 0 Å². The number of H-pyrrole nitrogens is 1. The number of imidazole rings is 1. The number of nitrogens with one attached hydrogen (secondary N) is 2. The fourth-order valence-electron chi connectivity index (χ4n) is 2.61. The number of anilines is 3. The third-order valence-corrected chi connectivity index (χ3v) is 5.12. The lowest BCUT2D eigenvalue weighted by Crippen LogP contribution is -2.31. The number of nitrogens with zero attached hydrogens (tertiary/aromatic N) is 5. The molecule has 0 aliphatic carbocycles. The van der Waals surface area contributed by atoms with Crippen LogP contribution in [0, 0.1) is 0 Å². The van der Waals surface area contributed by atoms with Gasteiger partial charge in [0.25, 0.3) is 10.0 Å². The average molecular weight is 351 g/mol. The Labute approximate surface area is 141 Å². The Morgan fingerprint density at radius 1 is 1.21 bits per heavy atom. The van der Waals surface area contributed by atoms with Crippen molar-refractivity contribution in [3.05, 3.63) is 18.7 Å². The molecule has 1 saturated heterocycles. The van der Waals surface area contributed by atoms with Crippen LogP contribution in [0.2, 0.25) is 0 Å². The van der Waals surface area contributed by atoms with Crippen LogP contribution in [-0.4, -0.2) is 55.5 Å². The van der Waals surface area contributed by atoms with E-state index in [1.807, 2.05) is 14.1 Å². The Hall–Kier alpha value is -2.36. The zero-order chi connectivity index (χ0) is 17.2. The van der Waals surface area contributed by atoms with E-state index in [9.17, 15) is 8.42 Å². The van der Waals surface area contributed by atoms with E-state index in [1.165, 1.54) is 25.1 Å².